The normalized spacial score (nSPS) is 10.1. The number of phenols is 1. The molecular formula is C14H12N2OS. The van der Waals surface area contributed by atoms with Crippen molar-refractivity contribution in [3.05, 3.63) is 47.2 Å². The fourth-order valence-corrected chi connectivity index (χ4v) is 2.63. The third-order valence-electron chi connectivity index (χ3n) is 2.47. The van der Waals surface area contributed by atoms with E-state index < -0.39 is 0 Å². The quantitative estimate of drug-likeness (QED) is 0.894. The van der Waals surface area contributed by atoms with Gasteiger partial charge in [-0.25, -0.2) is 4.98 Å². The summed E-state index contributed by atoms with van der Waals surface area (Å²) >= 11 is 1.43. The minimum Gasteiger partial charge on any atom is -0.508 e. The highest BCUT2D eigenvalue weighted by Crippen LogP contribution is 2.31. The van der Waals surface area contributed by atoms with E-state index in [0.717, 1.165) is 16.2 Å². The summed E-state index contributed by atoms with van der Waals surface area (Å²) in [6.45, 7) is 3.82. The van der Waals surface area contributed by atoms with Gasteiger partial charge in [-0.05, 0) is 49.7 Å². The number of aryl methyl sites for hydroxylation is 2. The molecule has 18 heavy (non-hydrogen) atoms. The number of nitrogens with zero attached hydrogens (tertiary/aromatic N) is 2. The van der Waals surface area contributed by atoms with Crippen LogP contribution in [0.2, 0.25) is 0 Å². The zero-order valence-corrected chi connectivity index (χ0v) is 11.0. The van der Waals surface area contributed by atoms with Crippen LogP contribution in [0.1, 0.15) is 16.8 Å². The Morgan fingerprint density at radius 3 is 2.50 bits per heavy atom. The van der Waals surface area contributed by atoms with Gasteiger partial charge in [-0.15, -0.1) is 0 Å². The summed E-state index contributed by atoms with van der Waals surface area (Å²) in [7, 11) is 0. The van der Waals surface area contributed by atoms with Crippen LogP contribution < -0.4 is 0 Å². The van der Waals surface area contributed by atoms with E-state index in [1.54, 1.807) is 24.3 Å². The van der Waals surface area contributed by atoms with Gasteiger partial charge in [0.25, 0.3) is 0 Å². The van der Waals surface area contributed by atoms with Gasteiger partial charge in [-0.1, -0.05) is 11.8 Å². The highest BCUT2D eigenvalue weighted by atomic mass is 32.2. The Hall–Kier alpha value is -1.99. The molecule has 0 unspecified atom stereocenters. The number of aromatic hydroxyl groups is 1. The zero-order chi connectivity index (χ0) is 13.1. The second-order valence-electron chi connectivity index (χ2n) is 3.97. The van der Waals surface area contributed by atoms with Gasteiger partial charge in [-0.3, -0.25) is 0 Å². The lowest BCUT2D eigenvalue weighted by molar-refractivity contribution is 0.475. The molecule has 0 bridgehead atoms. The number of hydrogen-bond donors (Lipinski definition) is 1. The molecule has 0 spiro atoms. The molecule has 0 radical (unpaired) electrons. The van der Waals surface area contributed by atoms with Gasteiger partial charge in [0.05, 0.1) is 5.56 Å². The molecule has 0 saturated heterocycles. The molecule has 0 aliphatic carbocycles. The van der Waals surface area contributed by atoms with E-state index >= 15 is 0 Å². The predicted octanol–water partition coefficient (Wildman–Crippen LogP) is 3.43. The molecule has 2 rings (SSSR count). The Morgan fingerprint density at radius 2 is 1.89 bits per heavy atom. The number of pyridine rings is 1. The average Bonchev–Trinajstić information content (AvgIpc) is 2.32. The van der Waals surface area contributed by atoms with Crippen LogP contribution in [-0.2, 0) is 0 Å². The van der Waals surface area contributed by atoms with E-state index in [0.29, 0.717) is 10.6 Å². The maximum atomic E-state index is 9.23. The van der Waals surface area contributed by atoms with Gasteiger partial charge in [0.1, 0.15) is 16.8 Å². The Kier molecular flexibility index (Phi) is 3.54. The maximum Gasteiger partial charge on any atom is 0.119 e. The lowest BCUT2D eigenvalue weighted by Crippen LogP contribution is -1.93. The predicted molar refractivity (Wildman–Crippen MR) is 70.7 cm³/mol. The fraction of sp³-hybridized carbons (Fsp3) is 0.143. The Balaban J connectivity index is 2.40. The van der Waals surface area contributed by atoms with Crippen LogP contribution in [0.15, 0.2) is 40.3 Å². The second kappa shape index (κ2) is 5.11. The van der Waals surface area contributed by atoms with Crippen LogP contribution in [0.3, 0.4) is 0 Å². The number of aromatic nitrogens is 1. The van der Waals surface area contributed by atoms with Crippen molar-refractivity contribution in [2.45, 2.75) is 23.8 Å². The number of benzene rings is 1. The van der Waals surface area contributed by atoms with Crippen LogP contribution in [0.25, 0.3) is 0 Å². The molecule has 2 aromatic rings. The van der Waals surface area contributed by atoms with Crippen LogP contribution in [0.5, 0.6) is 5.75 Å². The minimum atomic E-state index is 0.230. The minimum absolute atomic E-state index is 0.230. The van der Waals surface area contributed by atoms with Crippen LogP contribution in [-0.4, -0.2) is 10.1 Å². The smallest absolute Gasteiger partial charge is 0.119 e. The summed E-state index contributed by atoms with van der Waals surface area (Å²) in [6, 6.07) is 10.9. The third kappa shape index (κ3) is 2.63. The highest BCUT2D eigenvalue weighted by molar-refractivity contribution is 7.99. The third-order valence-corrected chi connectivity index (χ3v) is 3.47. The van der Waals surface area contributed by atoms with Gasteiger partial charge >= 0.3 is 0 Å². The first-order valence-electron chi connectivity index (χ1n) is 5.45. The van der Waals surface area contributed by atoms with Crippen molar-refractivity contribution in [1.82, 2.24) is 4.98 Å². The lowest BCUT2D eigenvalue weighted by Gasteiger charge is -2.07. The molecule has 0 aliphatic rings. The lowest BCUT2D eigenvalue weighted by atomic mass is 10.1. The topological polar surface area (TPSA) is 56.9 Å². The molecule has 0 atom stereocenters. The van der Waals surface area contributed by atoms with E-state index in [1.165, 1.54) is 11.8 Å². The molecule has 1 N–H and O–H groups in total. The first-order valence-corrected chi connectivity index (χ1v) is 6.27. The van der Waals surface area contributed by atoms with Crippen molar-refractivity contribution in [1.29, 1.82) is 5.26 Å². The SMILES string of the molecule is Cc1cc(C)c(C#N)c(Sc2ccc(O)cc2)n1. The van der Waals surface area contributed by atoms with Gasteiger partial charge in [0.15, 0.2) is 0 Å². The van der Waals surface area contributed by atoms with E-state index in [9.17, 15) is 5.11 Å². The number of hydrogen-bond acceptors (Lipinski definition) is 4. The van der Waals surface area contributed by atoms with Crippen molar-refractivity contribution in [3.63, 3.8) is 0 Å². The number of phenolic OH excluding ortho intramolecular Hbond substituents is 1. The zero-order valence-electron chi connectivity index (χ0n) is 10.1. The van der Waals surface area contributed by atoms with E-state index in [2.05, 4.69) is 11.1 Å². The Labute approximate surface area is 110 Å². The van der Waals surface area contributed by atoms with Crippen molar-refractivity contribution >= 4 is 11.8 Å². The molecule has 4 heteroatoms. The summed E-state index contributed by atoms with van der Waals surface area (Å²) in [5, 5.41) is 19.1. The Morgan fingerprint density at radius 1 is 1.22 bits per heavy atom. The van der Waals surface area contributed by atoms with Crippen LogP contribution in [0, 0.1) is 25.2 Å². The maximum absolute atomic E-state index is 9.23. The molecule has 1 aromatic heterocycles. The van der Waals surface area contributed by atoms with Gasteiger partial charge in [-0.2, -0.15) is 5.26 Å². The van der Waals surface area contributed by atoms with Gasteiger partial charge in [0, 0.05) is 10.6 Å². The van der Waals surface area contributed by atoms with Gasteiger partial charge in [0.2, 0.25) is 0 Å². The number of rotatable bonds is 2. The molecule has 0 fully saturated rings. The first kappa shape index (κ1) is 12.5. The molecule has 0 amide bonds. The van der Waals surface area contributed by atoms with Crippen LogP contribution in [0.4, 0.5) is 0 Å². The number of nitriles is 1. The summed E-state index contributed by atoms with van der Waals surface area (Å²) in [4.78, 5) is 5.35. The summed E-state index contributed by atoms with van der Waals surface area (Å²) < 4.78 is 0. The molecule has 0 aliphatic heterocycles. The largest absolute Gasteiger partial charge is 0.508 e. The van der Waals surface area contributed by atoms with E-state index in [4.69, 9.17) is 5.26 Å². The fourth-order valence-electron chi connectivity index (χ4n) is 1.64. The van der Waals surface area contributed by atoms with Crippen molar-refractivity contribution < 1.29 is 5.11 Å². The van der Waals surface area contributed by atoms with Crippen molar-refractivity contribution in [3.8, 4) is 11.8 Å². The summed E-state index contributed by atoms with van der Waals surface area (Å²) in [6.07, 6.45) is 0. The molecule has 90 valence electrons. The molecule has 3 nitrogen and oxygen atoms in total. The molecule has 0 saturated carbocycles. The van der Waals surface area contributed by atoms with E-state index in [1.807, 2.05) is 19.9 Å². The van der Waals surface area contributed by atoms with Crippen LogP contribution >= 0.6 is 11.8 Å². The first-order chi connectivity index (χ1) is 8.60. The summed E-state index contributed by atoms with van der Waals surface area (Å²) in [5.74, 6) is 0.230. The second-order valence-corrected chi connectivity index (χ2v) is 5.03. The highest BCUT2D eigenvalue weighted by Gasteiger charge is 2.10. The standard InChI is InChI=1S/C14H12N2OS/c1-9-7-10(2)16-14(13(9)8-15)18-12-5-3-11(17)4-6-12/h3-7,17H,1-2H3. The monoisotopic (exact) mass is 256 g/mol. The van der Waals surface area contributed by atoms with E-state index in [-0.39, 0.29) is 5.75 Å². The average molecular weight is 256 g/mol. The molecule has 1 aromatic carbocycles. The van der Waals surface area contributed by atoms with Crippen molar-refractivity contribution in [2.24, 2.45) is 0 Å². The molecular weight excluding hydrogens is 244 g/mol. The molecule has 1 heterocycles. The summed E-state index contributed by atoms with van der Waals surface area (Å²) in [5.41, 5.74) is 2.44. The Bertz CT molecular complexity index is 615. The van der Waals surface area contributed by atoms with Gasteiger partial charge < -0.3 is 5.11 Å². The van der Waals surface area contributed by atoms with Crippen molar-refractivity contribution in [2.75, 3.05) is 0 Å².